The first kappa shape index (κ1) is 20.9. The second kappa shape index (κ2) is 8.49. The summed E-state index contributed by atoms with van der Waals surface area (Å²) < 4.78 is 32.7. The monoisotopic (exact) mass is 480 g/mol. The number of likely N-dealkylation sites (tertiary alicyclic amines) is 1. The summed E-state index contributed by atoms with van der Waals surface area (Å²) >= 11 is 1.74. The summed E-state index contributed by atoms with van der Waals surface area (Å²) in [5.41, 5.74) is -0.655. The molecule has 0 saturated carbocycles. The van der Waals surface area contributed by atoms with Crippen molar-refractivity contribution >= 4 is 34.6 Å². The molecule has 0 aromatic heterocycles. The minimum atomic E-state index is -0.846. The summed E-state index contributed by atoms with van der Waals surface area (Å²) in [4.78, 5) is 25.7. The summed E-state index contributed by atoms with van der Waals surface area (Å²) in [5.74, 6) is -1.73. The molecule has 0 bridgehead atoms. The Morgan fingerprint density at radius 3 is 2.42 bits per heavy atom. The lowest BCUT2D eigenvalue weighted by atomic mass is 9.96. The van der Waals surface area contributed by atoms with E-state index in [1.165, 1.54) is 6.07 Å². The van der Waals surface area contributed by atoms with Crippen LogP contribution in [0.3, 0.4) is 0 Å². The maximum atomic E-state index is 13.9. The molecule has 1 aliphatic heterocycles. The van der Waals surface area contributed by atoms with Gasteiger partial charge in [-0.3, -0.25) is 4.79 Å². The van der Waals surface area contributed by atoms with Gasteiger partial charge >= 0.3 is 6.09 Å². The van der Waals surface area contributed by atoms with Crippen LogP contribution in [0.2, 0.25) is 0 Å². The zero-order valence-corrected chi connectivity index (χ0v) is 17.2. The van der Waals surface area contributed by atoms with E-state index in [0.29, 0.717) is 32.5 Å². The smallest absolute Gasteiger partial charge is 0.407 e. The van der Waals surface area contributed by atoms with Gasteiger partial charge in [-0.25, -0.2) is 13.6 Å². The standard InChI is InChI=1S/C18H23F2IN2O3/c1-18(2,3)26-17(25)22-10-11-4-6-23(7-5-11)16(24)12-8-15(21)14(20)9-13(12)19/h8-9,11H,4-7,10H2,1-3H3,(H,22,25). The van der Waals surface area contributed by atoms with Crippen molar-refractivity contribution in [3.63, 3.8) is 0 Å². The molecule has 1 heterocycles. The lowest BCUT2D eigenvalue weighted by molar-refractivity contribution is 0.0499. The number of benzene rings is 1. The minimum Gasteiger partial charge on any atom is -0.444 e. The topological polar surface area (TPSA) is 58.6 Å². The third-order valence-corrected chi connectivity index (χ3v) is 4.90. The van der Waals surface area contributed by atoms with E-state index in [4.69, 9.17) is 4.74 Å². The van der Waals surface area contributed by atoms with Crippen LogP contribution < -0.4 is 5.32 Å². The van der Waals surface area contributed by atoms with E-state index < -0.39 is 29.2 Å². The highest BCUT2D eigenvalue weighted by Crippen LogP contribution is 2.22. The fourth-order valence-corrected chi connectivity index (χ4v) is 3.21. The number of rotatable bonds is 3. The normalized spacial score (nSPS) is 15.7. The van der Waals surface area contributed by atoms with E-state index in [2.05, 4.69) is 5.32 Å². The van der Waals surface area contributed by atoms with E-state index in [9.17, 15) is 18.4 Å². The quantitative estimate of drug-likeness (QED) is 0.527. The Labute approximate surface area is 165 Å². The molecule has 26 heavy (non-hydrogen) atoms. The van der Waals surface area contributed by atoms with Gasteiger partial charge in [-0.05, 0) is 68.2 Å². The average molecular weight is 480 g/mol. The number of carbonyl (C=O) groups excluding carboxylic acids is 2. The molecule has 0 radical (unpaired) electrons. The molecule has 1 N–H and O–H groups in total. The van der Waals surface area contributed by atoms with Crippen molar-refractivity contribution in [2.45, 2.75) is 39.2 Å². The highest BCUT2D eigenvalue weighted by atomic mass is 127. The Morgan fingerprint density at radius 2 is 1.85 bits per heavy atom. The van der Waals surface area contributed by atoms with Crippen LogP contribution in [-0.4, -0.2) is 42.1 Å². The molecule has 1 fully saturated rings. The molecule has 5 nitrogen and oxygen atoms in total. The van der Waals surface area contributed by atoms with Gasteiger partial charge < -0.3 is 15.0 Å². The lowest BCUT2D eigenvalue weighted by Gasteiger charge is -2.32. The number of carbonyl (C=O) groups is 2. The molecule has 144 valence electrons. The molecular formula is C18H23F2IN2O3. The summed E-state index contributed by atoms with van der Waals surface area (Å²) in [6.45, 7) is 6.80. The van der Waals surface area contributed by atoms with Crippen molar-refractivity contribution in [3.8, 4) is 0 Å². The van der Waals surface area contributed by atoms with Gasteiger partial charge in [0.05, 0.1) is 5.56 Å². The van der Waals surface area contributed by atoms with E-state index >= 15 is 0 Å². The largest absolute Gasteiger partial charge is 0.444 e. The van der Waals surface area contributed by atoms with Gasteiger partial charge in [-0.1, -0.05) is 0 Å². The Kier molecular flexibility index (Phi) is 6.81. The van der Waals surface area contributed by atoms with Crippen LogP contribution in [0.15, 0.2) is 12.1 Å². The van der Waals surface area contributed by atoms with Crippen molar-refractivity contribution in [1.82, 2.24) is 10.2 Å². The number of piperidine rings is 1. The van der Waals surface area contributed by atoms with Crippen LogP contribution >= 0.6 is 22.6 Å². The predicted octanol–water partition coefficient (Wildman–Crippen LogP) is 3.95. The SMILES string of the molecule is CC(C)(C)OC(=O)NCC1CCN(C(=O)c2cc(I)c(F)cc2F)CC1. The third-order valence-electron chi connectivity index (χ3n) is 4.08. The first-order chi connectivity index (χ1) is 12.1. The van der Waals surface area contributed by atoms with Gasteiger partial charge in [0.15, 0.2) is 0 Å². The lowest BCUT2D eigenvalue weighted by Crippen LogP contribution is -2.42. The third kappa shape index (κ3) is 5.78. The van der Waals surface area contributed by atoms with Crippen LogP contribution in [0, 0.1) is 21.1 Å². The summed E-state index contributed by atoms with van der Waals surface area (Å²) in [6.07, 6.45) is 0.932. The number of nitrogens with one attached hydrogen (secondary N) is 1. The van der Waals surface area contributed by atoms with Crippen LogP contribution in [0.5, 0.6) is 0 Å². The number of hydrogen-bond acceptors (Lipinski definition) is 3. The Balaban J connectivity index is 1.85. The maximum Gasteiger partial charge on any atom is 0.407 e. The molecule has 1 aromatic carbocycles. The van der Waals surface area contributed by atoms with E-state index in [1.54, 1.807) is 48.3 Å². The van der Waals surface area contributed by atoms with Crippen LogP contribution in [0.25, 0.3) is 0 Å². The molecule has 0 spiro atoms. The highest BCUT2D eigenvalue weighted by molar-refractivity contribution is 14.1. The van der Waals surface area contributed by atoms with Gasteiger partial charge in [0.25, 0.3) is 5.91 Å². The molecule has 0 unspecified atom stereocenters. The number of nitrogens with zero attached hydrogens (tertiary/aromatic N) is 1. The van der Waals surface area contributed by atoms with E-state index in [1.807, 2.05) is 0 Å². The molecule has 0 atom stereocenters. The first-order valence-corrected chi connectivity index (χ1v) is 9.55. The Morgan fingerprint density at radius 1 is 1.23 bits per heavy atom. The summed E-state index contributed by atoms with van der Waals surface area (Å²) in [7, 11) is 0. The van der Waals surface area contributed by atoms with Crippen LogP contribution in [-0.2, 0) is 4.74 Å². The van der Waals surface area contributed by atoms with Crippen LogP contribution in [0.4, 0.5) is 13.6 Å². The zero-order chi connectivity index (χ0) is 19.5. The number of amides is 2. The first-order valence-electron chi connectivity index (χ1n) is 8.47. The van der Waals surface area contributed by atoms with E-state index in [0.717, 1.165) is 6.07 Å². The van der Waals surface area contributed by atoms with Gasteiger partial charge in [-0.2, -0.15) is 0 Å². The highest BCUT2D eigenvalue weighted by Gasteiger charge is 2.26. The number of alkyl carbamates (subject to hydrolysis) is 1. The minimum absolute atomic E-state index is 0.110. The number of ether oxygens (including phenoxy) is 1. The van der Waals surface area contributed by atoms with Gasteiger partial charge in [-0.15, -0.1) is 0 Å². The molecule has 1 aromatic rings. The van der Waals surface area contributed by atoms with Crippen LogP contribution in [0.1, 0.15) is 44.0 Å². The predicted molar refractivity (Wildman–Crippen MR) is 102 cm³/mol. The zero-order valence-electron chi connectivity index (χ0n) is 15.1. The molecule has 0 aliphatic carbocycles. The van der Waals surface area contributed by atoms with Crippen molar-refractivity contribution in [3.05, 3.63) is 32.9 Å². The molecule has 2 amide bonds. The molecule has 1 saturated heterocycles. The fourth-order valence-electron chi connectivity index (χ4n) is 2.74. The molecule has 8 heteroatoms. The average Bonchev–Trinajstić information content (AvgIpc) is 2.54. The second-order valence-corrected chi connectivity index (χ2v) is 8.53. The van der Waals surface area contributed by atoms with E-state index in [-0.39, 0.29) is 15.1 Å². The van der Waals surface area contributed by atoms with Crippen molar-refractivity contribution in [1.29, 1.82) is 0 Å². The van der Waals surface area contributed by atoms with Crippen molar-refractivity contribution in [2.75, 3.05) is 19.6 Å². The summed E-state index contributed by atoms with van der Waals surface area (Å²) in [5, 5.41) is 2.74. The van der Waals surface area contributed by atoms with Gasteiger partial charge in [0.1, 0.15) is 17.2 Å². The summed E-state index contributed by atoms with van der Waals surface area (Å²) in [6, 6.07) is 1.98. The van der Waals surface area contributed by atoms with Gasteiger partial charge in [0.2, 0.25) is 0 Å². The number of hydrogen-bond donors (Lipinski definition) is 1. The second-order valence-electron chi connectivity index (χ2n) is 7.36. The van der Waals surface area contributed by atoms with Gasteiger partial charge in [0, 0.05) is 29.3 Å². The maximum absolute atomic E-state index is 13.9. The number of halogens is 3. The molecular weight excluding hydrogens is 457 g/mol. The van der Waals surface area contributed by atoms with Crippen molar-refractivity contribution in [2.24, 2.45) is 5.92 Å². The Bertz CT molecular complexity index is 684. The fraction of sp³-hybridized carbons (Fsp3) is 0.556. The van der Waals surface area contributed by atoms with Crippen molar-refractivity contribution < 1.29 is 23.1 Å². The molecule has 2 rings (SSSR count). The molecule has 1 aliphatic rings. The Hall–Kier alpha value is -1.45.